The van der Waals surface area contributed by atoms with Crippen molar-refractivity contribution in [3.8, 4) is 0 Å². The van der Waals surface area contributed by atoms with Crippen LogP contribution in [0.25, 0.3) is 43.7 Å². The summed E-state index contributed by atoms with van der Waals surface area (Å²) < 4.78 is 0. The Hall–Kier alpha value is -5.22. The van der Waals surface area contributed by atoms with Gasteiger partial charge in [0.15, 0.2) is 5.82 Å². The number of benzene rings is 5. The summed E-state index contributed by atoms with van der Waals surface area (Å²) in [5, 5.41) is 7.40. The number of nitrogens with zero attached hydrogens (tertiary/aromatic N) is 4. The Kier molecular flexibility index (Phi) is 4.85. The van der Waals surface area contributed by atoms with E-state index in [1.165, 1.54) is 37.9 Å². The van der Waals surface area contributed by atoms with E-state index in [0.29, 0.717) is 5.82 Å². The van der Waals surface area contributed by atoms with Gasteiger partial charge in [0.05, 0.1) is 5.70 Å². The molecular formula is C35H24N4. The third kappa shape index (κ3) is 3.32. The molecule has 0 bridgehead atoms. The van der Waals surface area contributed by atoms with Gasteiger partial charge >= 0.3 is 0 Å². The van der Waals surface area contributed by atoms with Crippen LogP contribution in [-0.2, 0) is 0 Å². The quantitative estimate of drug-likeness (QED) is 0.182. The molecule has 0 radical (unpaired) electrons. The van der Waals surface area contributed by atoms with Gasteiger partial charge in [0.2, 0.25) is 0 Å². The lowest BCUT2D eigenvalue weighted by molar-refractivity contribution is 0.547. The summed E-state index contributed by atoms with van der Waals surface area (Å²) in [5.74, 6) is 1.80. The molecule has 0 fully saturated rings. The van der Waals surface area contributed by atoms with E-state index in [0.717, 1.165) is 29.4 Å². The first-order chi connectivity index (χ1) is 19.4. The number of hydrogen-bond acceptors (Lipinski definition) is 4. The molecule has 0 spiro atoms. The lowest BCUT2D eigenvalue weighted by Gasteiger charge is -2.29. The van der Waals surface area contributed by atoms with Gasteiger partial charge in [-0.2, -0.15) is 0 Å². The van der Waals surface area contributed by atoms with Crippen molar-refractivity contribution in [2.75, 3.05) is 11.4 Å². The summed E-state index contributed by atoms with van der Waals surface area (Å²) in [4.78, 5) is 14.3. The highest BCUT2D eigenvalue weighted by atomic mass is 15.4. The molecular weight excluding hydrogens is 476 g/mol. The standard InChI is InChI=1S/C35H24N4/c1-2-13-26(14-3-1)39-31-17-8-9-22-38(31)33(34(39)35-36-20-10-21-37-35)32-28-16-7-5-12-25(28)23-30-27-15-6-4-11-24(27)18-19-29(30)32/h1-21,23H,22H2. The van der Waals surface area contributed by atoms with Gasteiger partial charge < -0.3 is 4.90 Å². The summed E-state index contributed by atoms with van der Waals surface area (Å²) in [5.41, 5.74) is 4.40. The number of hydrogen-bond donors (Lipinski definition) is 0. The first-order valence-corrected chi connectivity index (χ1v) is 13.2. The lowest BCUT2D eigenvalue weighted by atomic mass is 9.91. The summed E-state index contributed by atoms with van der Waals surface area (Å²) in [6.45, 7) is 0.763. The maximum atomic E-state index is 4.80. The third-order valence-electron chi connectivity index (χ3n) is 7.69. The third-order valence-corrected chi connectivity index (χ3v) is 7.69. The Bertz CT molecular complexity index is 1990. The molecule has 0 saturated heterocycles. The van der Waals surface area contributed by atoms with Crippen LogP contribution in [0.4, 0.5) is 5.69 Å². The van der Waals surface area contributed by atoms with E-state index in [2.05, 4.69) is 125 Å². The zero-order valence-corrected chi connectivity index (χ0v) is 21.2. The van der Waals surface area contributed by atoms with E-state index < -0.39 is 0 Å². The Morgan fingerprint density at radius 2 is 1.33 bits per heavy atom. The second kappa shape index (κ2) is 8.67. The van der Waals surface area contributed by atoms with Gasteiger partial charge in [-0.05, 0) is 62.7 Å². The van der Waals surface area contributed by atoms with E-state index in [1.807, 2.05) is 18.5 Å². The van der Waals surface area contributed by atoms with E-state index >= 15 is 0 Å². The van der Waals surface area contributed by atoms with Crippen molar-refractivity contribution in [2.45, 2.75) is 0 Å². The Morgan fingerprint density at radius 3 is 2.18 bits per heavy atom. The highest BCUT2D eigenvalue weighted by Crippen LogP contribution is 2.49. The minimum atomic E-state index is 0.702. The predicted molar refractivity (Wildman–Crippen MR) is 161 cm³/mol. The largest absolute Gasteiger partial charge is 0.321 e. The van der Waals surface area contributed by atoms with Gasteiger partial charge in [-0.15, -0.1) is 0 Å². The Morgan fingerprint density at radius 1 is 0.590 bits per heavy atom. The number of rotatable bonds is 3. The average molecular weight is 501 g/mol. The van der Waals surface area contributed by atoms with Crippen molar-refractivity contribution in [3.63, 3.8) is 0 Å². The van der Waals surface area contributed by atoms with Gasteiger partial charge in [-0.3, -0.25) is 4.90 Å². The SMILES string of the molecule is C1=CCN2C(=C1)N(c1ccccc1)C(c1ncccn1)=C2c1c2ccccc2cc2c1ccc1ccccc12. The number of fused-ring (bicyclic) bond motifs is 5. The molecule has 39 heavy (non-hydrogen) atoms. The maximum Gasteiger partial charge on any atom is 0.178 e. The summed E-state index contributed by atoms with van der Waals surface area (Å²) in [7, 11) is 0. The Balaban J connectivity index is 1.56. The second-order valence-electron chi connectivity index (χ2n) is 9.86. The maximum absolute atomic E-state index is 4.80. The normalized spacial score (nSPS) is 14.9. The van der Waals surface area contributed by atoms with Crippen molar-refractivity contribution in [2.24, 2.45) is 0 Å². The number of para-hydroxylation sites is 1. The molecule has 0 aliphatic carbocycles. The number of anilines is 1. The molecule has 4 nitrogen and oxygen atoms in total. The second-order valence-corrected chi connectivity index (χ2v) is 9.86. The van der Waals surface area contributed by atoms with Crippen molar-refractivity contribution in [3.05, 3.63) is 151 Å². The molecule has 3 heterocycles. The van der Waals surface area contributed by atoms with Gasteiger partial charge in [0.25, 0.3) is 0 Å². The van der Waals surface area contributed by atoms with Gasteiger partial charge in [0, 0.05) is 30.2 Å². The minimum absolute atomic E-state index is 0.702. The van der Waals surface area contributed by atoms with Crippen LogP contribution < -0.4 is 4.90 Å². The summed E-state index contributed by atoms with van der Waals surface area (Å²) >= 11 is 0. The highest BCUT2D eigenvalue weighted by Gasteiger charge is 2.39. The van der Waals surface area contributed by atoms with Crippen LogP contribution in [-0.4, -0.2) is 21.4 Å². The lowest BCUT2D eigenvalue weighted by Crippen LogP contribution is -2.27. The molecule has 0 atom stereocenters. The number of allylic oxidation sites excluding steroid dienone is 2. The van der Waals surface area contributed by atoms with Gasteiger partial charge in [0.1, 0.15) is 11.5 Å². The molecule has 6 aromatic rings. The van der Waals surface area contributed by atoms with Crippen LogP contribution in [0.5, 0.6) is 0 Å². The topological polar surface area (TPSA) is 32.3 Å². The van der Waals surface area contributed by atoms with Crippen LogP contribution in [0.15, 0.2) is 140 Å². The van der Waals surface area contributed by atoms with E-state index in [4.69, 9.17) is 9.97 Å². The molecule has 0 N–H and O–H groups in total. The van der Waals surface area contributed by atoms with Crippen LogP contribution in [0.2, 0.25) is 0 Å². The van der Waals surface area contributed by atoms with Crippen molar-refractivity contribution in [1.82, 2.24) is 14.9 Å². The zero-order chi connectivity index (χ0) is 25.8. The summed E-state index contributed by atoms with van der Waals surface area (Å²) in [6.07, 6.45) is 10.2. The molecule has 8 rings (SSSR count). The average Bonchev–Trinajstić information content (AvgIpc) is 3.35. The van der Waals surface area contributed by atoms with Crippen molar-refractivity contribution < 1.29 is 0 Å². The minimum Gasteiger partial charge on any atom is -0.321 e. The molecule has 1 aromatic heterocycles. The molecule has 2 aliphatic heterocycles. The Labute approximate surface area is 226 Å². The highest BCUT2D eigenvalue weighted by molar-refractivity contribution is 6.20. The predicted octanol–water partition coefficient (Wildman–Crippen LogP) is 8.00. The molecule has 0 amide bonds. The van der Waals surface area contributed by atoms with Crippen molar-refractivity contribution >= 4 is 49.4 Å². The van der Waals surface area contributed by atoms with Crippen LogP contribution in [0, 0.1) is 0 Å². The van der Waals surface area contributed by atoms with Crippen LogP contribution in [0.3, 0.4) is 0 Å². The molecule has 2 aliphatic rings. The molecule has 0 unspecified atom stereocenters. The molecule has 5 aromatic carbocycles. The summed E-state index contributed by atoms with van der Waals surface area (Å²) in [6, 6.07) is 36.6. The number of aromatic nitrogens is 2. The molecule has 184 valence electrons. The van der Waals surface area contributed by atoms with Gasteiger partial charge in [-0.1, -0.05) is 91.0 Å². The fourth-order valence-electron chi connectivity index (χ4n) is 6.05. The first kappa shape index (κ1) is 21.8. The van der Waals surface area contributed by atoms with Gasteiger partial charge in [-0.25, -0.2) is 9.97 Å². The fraction of sp³-hybridized carbons (Fsp3) is 0.0286. The molecule has 0 saturated carbocycles. The zero-order valence-electron chi connectivity index (χ0n) is 21.2. The van der Waals surface area contributed by atoms with Crippen molar-refractivity contribution in [1.29, 1.82) is 0 Å². The first-order valence-electron chi connectivity index (χ1n) is 13.2. The van der Waals surface area contributed by atoms with E-state index in [-0.39, 0.29) is 0 Å². The van der Waals surface area contributed by atoms with E-state index in [9.17, 15) is 0 Å². The monoisotopic (exact) mass is 500 g/mol. The molecule has 4 heteroatoms. The fourth-order valence-corrected chi connectivity index (χ4v) is 6.05. The van der Waals surface area contributed by atoms with Crippen LogP contribution in [0.1, 0.15) is 11.4 Å². The van der Waals surface area contributed by atoms with E-state index in [1.54, 1.807) is 0 Å². The smallest absolute Gasteiger partial charge is 0.178 e. The van der Waals surface area contributed by atoms with Crippen LogP contribution >= 0.6 is 0 Å².